The molecular weight excluding hydrogens is 513 g/mol. The number of sulfonamides is 1. The van der Waals surface area contributed by atoms with Crippen LogP contribution in [-0.2, 0) is 26.2 Å². The van der Waals surface area contributed by atoms with E-state index in [9.17, 15) is 22.8 Å². The number of nitrogens with one attached hydrogen (secondary N) is 1. The zero-order valence-electron chi connectivity index (χ0n) is 19.5. The highest BCUT2D eigenvalue weighted by atomic mass is 35.5. The molecule has 11 heteroatoms. The molecule has 188 valence electrons. The van der Waals surface area contributed by atoms with Crippen molar-refractivity contribution in [3.63, 3.8) is 0 Å². The molecule has 0 aromatic heterocycles. The summed E-state index contributed by atoms with van der Waals surface area (Å²) >= 11 is 12.3. The smallest absolute Gasteiger partial charge is 0.269 e. The Balaban J connectivity index is 1.76. The Morgan fingerprint density at radius 1 is 1.11 bits per heavy atom. The van der Waals surface area contributed by atoms with E-state index in [2.05, 4.69) is 5.32 Å². The summed E-state index contributed by atoms with van der Waals surface area (Å²) < 4.78 is 26.3. The third kappa shape index (κ3) is 5.79. The number of carbonyl (C=O) groups is 3. The number of likely N-dealkylation sites (N-methyl/N-ethyl adjacent to an activating group) is 1. The Morgan fingerprint density at radius 3 is 2.46 bits per heavy atom. The van der Waals surface area contributed by atoms with Gasteiger partial charge < -0.3 is 10.2 Å². The van der Waals surface area contributed by atoms with Gasteiger partial charge in [0.25, 0.3) is 15.9 Å². The number of hydrogen-bond acceptors (Lipinski definition) is 5. The first-order chi connectivity index (χ1) is 16.6. The van der Waals surface area contributed by atoms with Crippen LogP contribution in [0.25, 0.3) is 0 Å². The fourth-order valence-corrected chi connectivity index (χ4v) is 6.09. The molecule has 0 radical (unpaired) electrons. The van der Waals surface area contributed by atoms with Gasteiger partial charge in [-0.1, -0.05) is 48.3 Å². The van der Waals surface area contributed by atoms with Crippen LogP contribution in [0.1, 0.15) is 49.0 Å². The van der Waals surface area contributed by atoms with E-state index in [1.807, 2.05) is 0 Å². The van der Waals surface area contributed by atoms with Crippen LogP contribution in [0.15, 0.2) is 47.4 Å². The van der Waals surface area contributed by atoms with Gasteiger partial charge in [-0.25, -0.2) is 12.7 Å². The molecule has 1 N–H and O–H groups in total. The first kappa shape index (κ1) is 27.0. The fourth-order valence-electron chi connectivity index (χ4n) is 4.01. The van der Waals surface area contributed by atoms with Crippen molar-refractivity contribution >= 4 is 50.9 Å². The second-order valence-corrected chi connectivity index (χ2v) is 10.7. The first-order valence-corrected chi connectivity index (χ1v) is 13.5. The summed E-state index contributed by atoms with van der Waals surface area (Å²) in [5.74, 6) is -1.25. The number of nitrogens with zero attached hydrogens (tertiary/aromatic N) is 2. The largest absolute Gasteiger partial charge is 0.355 e. The SMILES string of the molecule is CCNC(=O)[C@@H](CC)N(Cc1ccc(Cl)cc1Cl)C(=O)CCCN1C(=O)c2ccccc2S1(=O)=O. The number of hydrogen-bond donors (Lipinski definition) is 1. The molecule has 8 nitrogen and oxygen atoms in total. The summed E-state index contributed by atoms with van der Waals surface area (Å²) in [7, 11) is -3.95. The minimum atomic E-state index is -3.95. The molecule has 1 aliphatic rings. The van der Waals surface area contributed by atoms with Gasteiger partial charge >= 0.3 is 0 Å². The van der Waals surface area contributed by atoms with Crippen LogP contribution in [0.4, 0.5) is 0 Å². The average molecular weight is 540 g/mol. The van der Waals surface area contributed by atoms with Crippen LogP contribution in [0.3, 0.4) is 0 Å². The van der Waals surface area contributed by atoms with Crippen LogP contribution in [-0.4, -0.2) is 54.5 Å². The third-order valence-electron chi connectivity index (χ3n) is 5.76. The Morgan fingerprint density at radius 2 is 1.83 bits per heavy atom. The molecule has 0 bridgehead atoms. The molecule has 3 amide bonds. The molecule has 2 aromatic carbocycles. The zero-order chi connectivity index (χ0) is 25.8. The van der Waals surface area contributed by atoms with Crippen molar-refractivity contribution in [1.82, 2.24) is 14.5 Å². The third-order valence-corrected chi connectivity index (χ3v) is 8.18. The normalized spacial score (nSPS) is 15.0. The molecule has 1 heterocycles. The monoisotopic (exact) mass is 539 g/mol. The van der Waals surface area contributed by atoms with Gasteiger partial charge in [-0.15, -0.1) is 0 Å². The van der Waals surface area contributed by atoms with Gasteiger partial charge in [-0.2, -0.15) is 0 Å². The van der Waals surface area contributed by atoms with Crippen molar-refractivity contribution in [1.29, 1.82) is 0 Å². The molecule has 0 spiro atoms. The lowest BCUT2D eigenvalue weighted by Crippen LogP contribution is -2.49. The number of halogens is 2. The lowest BCUT2D eigenvalue weighted by atomic mass is 10.1. The number of benzene rings is 2. The van der Waals surface area contributed by atoms with Crippen LogP contribution in [0.5, 0.6) is 0 Å². The maximum absolute atomic E-state index is 13.3. The number of fused-ring (bicyclic) bond motifs is 1. The lowest BCUT2D eigenvalue weighted by molar-refractivity contribution is -0.141. The fraction of sp³-hybridized carbons (Fsp3) is 0.375. The minimum Gasteiger partial charge on any atom is -0.355 e. The van der Waals surface area contributed by atoms with Crippen molar-refractivity contribution < 1.29 is 22.8 Å². The van der Waals surface area contributed by atoms with Gasteiger partial charge in [0, 0.05) is 36.1 Å². The molecule has 0 saturated heterocycles. The standard InChI is InChI=1S/C24H27Cl2N3O5S/c1-3-20(23(31)27-4-2)28(15-16-11-12-17(25)14-19(16)26)22(30)10-7-13-29-24(32)18-8-5-6-9-21(18)35(29,33)34/h5-6,8-9,11-12,14,20H,3-4,7,10,13,15H2,1-2H3,(H,27,31)/t20-/m1/s1. The van der Waals surface area contributed by atoms with Crippen molar-refractivity contribution in [3.05, 3.63) is 63.6 Å². The Bertz CT molecular complexity index is 1240. The number of amides is 3. The topological polar surface area (TPSA) is 104 Å². The minimum absolute atomic E-state index is 0.0300. The van der Waals surface area contributed by atoms with Crippen LogP contribution in [0.2, 0.25) is 10.0 Å². The Hall–Kier alpha value is -2.62. The second-order valence-electron chi connectivity index (χ2n) is 8.06. The molecule has 0 saturated carbocycles. The number of carbonyl (C=O) groups excluding carboxylic acids is 3. The van der Waals surface area contributed by atoms with Gasteiger partial charge in [-0.05, 0) is 49.6 Å². The van der Waals surface area contributed by atoms with E-state index in [1.54, 1.807) is 44.2 Å². The Labute approximate surface area is 215 Å². The zero-order valence-corrected chi connectivity index (χ0v) is 21.8. The van der Waals surface area contributed by atoms with Crippen molar-refractivity contribution in [2.75, 3.05) is 13.1 Å². The van der Waals surface area contributed by atoms with Crippen LogP contribution in [0, 0.1) is 0 Å². The van der Waals surface area contributed by atoms with E-state index in [-0.39, 0.29) is 48.2 Å². The van der Waals surface area contributed by atoms with E-state index in [0.717, 1.165) is 4.31 Å². The molecule has 0 aliphatic carbocycles. The predicted octanol–water partition coefficient (Wildman–Crippen LogP) is 3.86. The highest BCUT2D eigenvalue weighted by molar-refractivity contribution is 7.90. The molecule has 1 aliphatic heterocycles. The van der Waals surface area contributed by atoms with Crippen LogP contribution >= 0.6 is 23.2 Å². The molecule has 2 aromatic rings. The quantitative estimate of drug-likeness (QED) is 0.493. The average Bonchev–Trinajstić information content (AvgIpc) is 3.01. The second kappa shape index (κ2) is 11.4. The van der Waals surface area contributed by atoms with E-state index in [4.69, 9.17) is 23.2 Å². The summed E-state index contributed by atoms with van der Waals surface area (Å²) in [6.45, 7) is 3.94. The highest BCUT2D eigenvalue weighted by Crippen LogP contribution is 2.30. The van der Waals surface area contributed by atoms with Gasteiger partial charge in [0.2, 0.25) is 11.8 Å². The molecular formula is C24H27Cl2N3O5S. The molecule has 35 heavy (non-hydrogen) atoms. The van der Waals surface area contributed by atoms with Crippen LogP contribution < -0.4 is 5.32 Å². The van der Waals surface area contributed by atoms with E-state index >= 15 is 0 Å². The van der Waals surface area contributed by atoms with Crippen molar-refractivity contribution in [2.45, 2.75) is 50.6 Å². The van der Waals surface area contributed by atoms with Gasteiger partial charge in [0.05, 0.1) is 5.56 Å². The molecule has 0 unspecified atom stereocenters. The summed E-state index contributed by atoms with van der Waals surface area (Å²) in [5.41, 5.74) is 0.750. The van der Waals surface area contributed by atoms with Gasteiger partial charge in [-0.3, -0.25) is 14.4 Å². The first-order valence-electron chi connectivity index (χ1n) is 11.3. The molecule has 0 fully saturated rings. The number of rotatable bonds is 10. The summed E-state index contributed by atoms with van der Waals surface area (Å²) in [5, 5.41) is 3.57. The van der Waals surface area contributed by atoms with E-state index < -0.39 is 22.0 Å². The maximum Gasteiger partial charge on any atom is 0.269 e. The summed E-state index contributed by atoms with van der Waals surface area (Å²) in [4.78, 5) is 40.0. The van der Waals surface area contributed by atoms with E-state index in [1.165, 1.54) is 17.0 Å². The molecule has 1 atom stereocenters. The highest BCUT2D eigenvalue weighted by Gasteiger charge is 2.40. The Kier molecular flexibility index (Phi) is 8.79. The summed E-state index contributed by atoms with van der Waals surface area (Å²) in [6, 6.07) is 10.2. The maximum atomic E-state index is 13.3. The van der Waals surface area contributed by atoms with Gasteiger partial charge in [0.1, 0.15) is 10.9 Å². The summed E-state index contributed by atoms with van der Waals surface area (Å²) in [6.07, 6.45) is 0.419. The molecule has 3 rings (SSSR count). The van der Waals surface area contributed by atoms with Gasteiger partial charge in [0.15, 0.2) is 0 Å². The van der Waals surface area contributed by atoms with Crippen molar-refractivity contribution in [2.24, 2.45) is 0 Å². The van der Waals surface area contributed by atoms with E-state index in [0.29, 0.717) is 28.6 Å². The lowest BCUT2D eigenvalue weighted by Gasteiger charge is -2.31. The predicted molar refractivity (Wildman–Crippen MR) is 134 cm³/mol. The van der Waals surface area contributed by atoms with Crippen molar-refractivity contribution in [3.8, 4) is 0 Å².